The molecule has 1 atom stereocenters. The Kier molecular flexibility index (Phi) is 4.28. The summed E-state index contributed by atoms with van der Waals surface area (Å²) in [6.45, 7) is 0.668. The maximum Gasteiger partial charge on any atom is 0.252 e. The highest BCUT2D eigenvalue weighted by Gasteiger charge is 2.30. The van der Waals surface area contributed by atoms with Gasteiger partial charge in [-0.15, -0.1) is 0 Å². The van der Waals surface area contributed by atoms with Gasteiger partial charge in [0, 0.05) is 19.2 Å². The quantitative estimate of drug-likeness (QED) is 0.943. The molecular formula is C18H18N2O3. The van der Waals surface area contributed by atoms with Crippen LogP contribution in [0, 0.1) is 0 Å². The van der Waals surface area contributed by atoms with Gasteiger partial charge in [-0.3, -0.25) is 9.59 Å². The second kappa shape index (κ2) is 6.52. The molecule has 0 aliphatic carbocycles. The van der Waals surface area contributed by atoms with E-state index in [0.29, 0.717) is 30.0 Å². The van der Waals surface area contributed by atoms with Crippen LogP contribution in [0.2, 0.25) is 0 Å². The van der Waals surface area contributed by atoms with Crippen molar-refractivity contribution in [3.05, 3.63) is 60.2 Å². The average Bonchev–Trinajstić information content (AvgIpc) is 2.88. The number of carbonyl (C=O) groups is 2. The summed E-state index contributed by atoms with van der Waals surface area (Å²) in [4.78, 5) is 25.8. The van der Waals surface area contributed by atoms with Crippen LogP contribution in [0.5, 0.6) is 11.5 Å². The maximum atomic E-state index is 12.3. The normalized spacial score (nSPS) is 17.2. The maximum absolute atomic E-state index is 12.3. The van der Waals surface area contributed by atoms with Gasteiger partial charge in [0.2, 0.25) is 5.91 Å². The number of amides is 2. The van der Waals surface area contributed by atoms with Gasteiger partial charge in [-0.2, -0.15) is 0 Å². The van der Waals surface area contributed by atoms with Crippen LogP contribution in [-0.4, -0.2) is 36.3 Å². The van der Waals surface area contributed by atoms with Crippen LogP contribution in [0.25, 0.3) is 0 Å². The molecule has 1 aliphatic rings. The molecule has 0 saturated carbocycles. The predicted molar refractivity (Wildman–Crippen MR) is 86.5 cm³/mol. The smallest absolute Gasteiger partial charge is 0.252 e. The fourth-order valence-electron chi connectivity index (χ4n) is 2.52. The van der Waals surface area contributed by atoms with E-state index >= 15 is 0 Å². The first-order valence-electron chi connectivity index (χ1n) is 7.52. The summed E-state index contributed by atoms with van der Waals surface area (Å²) in [5.74, 6) is 0.976. The molecule has 1 saturated heterocycles. The third-order valence-electron chi connectivity index (χ3n) is 3.81. The first-order valence-corrected chi connectivity index (χ1v) is 7.52. The van der Waals surface area contributed by atoms with Gasteiger partial charge in [0.25, 0.3) is 5.91 Å². The molecular weight excluding hydrogens is 292 g/mol. The predicted octanol–water partition coefficient (Wildman–Crippen LogP) is 2.44. The summed E-state index contributed by atoms with van der Waals surface area (Å²) in [5, 5.41) is 2.78. The van der Waals surface area contributed by atoms with Crippen LogP contribution in [0.3, 0.4) is 0 Å². The average molecular weight is 310 g/mol. The van der Waals surface area contributed by atoms with Gasteiger partial charge in [0.1, 0.15) is 17.5 Å². The van der Waals surface area contributed by atoms with E-state index < -0.39 is 6.04 Å². The molecule has 0 aromatic heterocycles. The first kappa shape index (κ1) is 15.1. The zero-order chi connectivity index (χ0) is 16.2. The van der Waals surface area contributed by atoms with Crippen LogP contribution in [-0.2, 0) is 4.79 Å². The number of carbonyl (C=O) groups excluding carboxylic acids is 2. The molecule has 1 fully saturated rings. The van der Waals surface area contributed by atoms with E-state index in [1.165, 1.54) is 0 Å². The van der Waals surface area contributed by atoms with Crippen molar-refractivity contribution in [1.29, 1.82) is 0 Å². The molecule has 0 spiro atoms. The van der Waals surface area contributed by atoms with Gasteiger partial charge in [-0.1, -0.05) is 24.3 Å². The molecule has 2 aromatic carbocycles. The van der Waals surface area contributed by atoms with Crippen LogP contribution >= 0.6 is 0 Å². The lowest BCUT2D eigenvalue weighted by molar-refractivity contribution is -0.128. The molecule has 1 aliphatic heterocycles. The molecule has 2 amide bonds. The van der Waals surface area contributed by atoms with Gasteiger partial charge in [0.15, 0.2) is 0 Å². The minimum Gasteiger partial charge on any atom is -0.457 e. The highest BCUT2D eigenvalue weighted by atomic mass is 16.5. The third-order valence-corrected chi connectivity index (χ3v) is 3.81. The number of nitrogens with zero attached hydrogens (tertiary/aromatic N) is 1. The molecule has 1 heterocycles. The number of benzene rings is 2. The number of para-hydroxylation sites is 1. The number of likely N-dealkylation sites (N-methyl/N-ethyl adjacent to an activating group) is 1. The SMILES string of the molecule is CN1CC[C@@H](NC(=O)c2cccc(Oc3ccccc3)c2)C1=O. The summed E-state index contributed by atoms with van der Waals surface area (Å²) >= 11 is 0. The zero-order valence-electron chi connectivity index (χ0n) is 12.9. The Balaban J connectivity index is 1.69. The Morgan fingerprint density at radius 2 is 1.87 bits per heavy atom. The van der Waals surface area contributed by atoms with Gasteiger partial charge in [-0.05, 0) is 36.8 Å². The molecule has 0 bridgehead atoms. The Morgan fingerprint density at radius 1 is 1.13 bits per heavy atom. The van der Waals surface area contributed by atoms with Gasteiger partial charge < -0.3 is 15.0 Å². The van der Waals surface area contributed by atoms with E-state index in [-0.39, 0.29) is 11.8 Å². The van der Waals surface area contributed by atoms with Crippen LogP contribution in [0.4, 0.5) is 0 Å². The van der Waals surface area contributed by atoms with Crippen LogP contribution < -0.4 is 10.1 Å². The molecule has 1 N–H and O–H groups in total. The highest BCUT2D eigenvalue weighted by Crippen LogP contribution is 2.22. The molecule has 5 nitrogen and oxygen atoms in total. The number of rotatable bonds is 4. The minimum absolute atomic E-state index is 0.0463. The van der Waals surface area contributed by atoms with Crippen molar-refractivity contribution in [2.45, 2.75) is 12.5 Å². The summed E-state index contributed by atoms with van der Waals surface area (Å²) in [6.07, 6.45) is 0.640. The number of hydrogen-bond acceptors (Lipinski definition) is 3. The lowest BCUT2D eigenvalue weighted by Crippen LogP contribution is -2.40. The van der Waals surface area contributed by atoms with E-state index in [2.05, 4.69) is 5.32 Å². The van der Waals surface area contributed by atoms with E-state index in [0.717, 1.165) is 0 Å². The van der Waals surface area contributed by atoms with Crippen LogP contribution in [0.15, 0.2) is 54.6 Å². The van der Waals surface area contributed by atoms with Crippen molar-refractivity contribution in [1.82, 2.24) is 10.2 Å². The number of nitrogens with one attached hydrogen (secondary N) is 1. The second-order valence-corrected chi connectivity index (χ2v) is 5.52. The highest BCUT2D eigenvalue weighted by molar-refractivity contribution is 5.98. The minimum atomic E-state index is -0.439. The molecule has 5 heteroatoms. The third kappa shape index (κ3) is 3.51. The first-order chi connectivity index (χ1) is 11.1. The molecule has 2 aromatic rings. The van der Waals surface area contributed by atoms with E-state index in [9.17, 15) is 9.59 Å². The lowest BCUT2D eigenvalue weighted by Gasteiger charge is -2.13. The zero-order valence-corrected chi connectivity index (χ0v) is 12.9. The van der Waals surface area contributed by atoms with E-state index in [4.69, 9.17) is 4.74 Å². The second-order valence-electron chi connectivity index (χ2n) is 5.52. The largest absolute Gasteiger partial charge is 0.457 e. The van der Waals surface area contributed by atoms with Crippen molar-refractivity contribution < 1.29 is 14.3 Å². The van der Waals surface area contributed by atoms with Gasteiger partial charge >= 0.3 is 0 Å². The van der Waals surface area contributed by atoms with E-state index in [1.54, 1.807) is 36.2 Å². The number of ether oxygens (including phenoxy) is 1. The van der Waals surface area contributed by atoms with Gasteiger partial charge in [-0.25, -0.2) is 0 Å². The standard InChI is InChI=1S/C18H18N2O3/c1-20-11-10-16(18(20)22)19-17(21)13-6-5-9-15(12-13)23-14-7-3-2-4-8-14/h2-9,12,16H,10-11H2,1H3,(H,19,21)/t16-/m1/s1. The Hall–Kier alpha value is -2.82. The summed E-state index contributed by atoms with van der Waals surface area (Å²) in [7, 11) is 1.74. The summed E-state index contributed by atoms with van der Waals surface area (Å²) < 4.78 is 5.72. The Labute approximate surface area is 134 Å². The lowest BCUT2D eigenvalue weighted by atomic mass is 10.1. The van der Waals surface area contributed by atoms with Crippen LogP contribution in [0.1, 0.15) is 16.8 Å². The fourth-order valence-corrected chi connectivity index (χ4v) is 2.52. The molecule has 0 unspecified atom stereocenters. The molecule has 118 valence electrons. The topological polar surface area (TPSA) is 58.6 Å². The number of likely N-dealkylation sites (tertiary alicyclic amines) is 1. The van der Waals surface area contributed by atoms with Crippen molar-refractivity contribution in [3.63, 3.8) is 0 Å². The summed E-state index contributed by atoms with van der Waals surface area (Å²) in [5.41, 5.74) is 0.473. The molecule has 0 radical (unpaired) electrons. The van der Waals surface area contributed by atoms with E-state index in [1.807, 2.05) is 30.3 Å². The molecule has 23 heavy (non-hydrogen) atoms. The Bertz CT molecular complexity index is 715. The molecule has 3 rings (SSSR count). The fraction of sp³-hybridized carbons (Fsp3) is 0.222. The summed E-state index contributed by atoms with van der Waals surface area (Å²) in [6, 6.07) is 15.9. The Morgan fingerprint density at radius 3 is 2.57 bits per heavy atom. The monoisotopic (exact) mass is 310 g/mol. The van der Waals surface area contributed by atoms with Crippen molar-refractivity contribution in [2.75, 3.05) is 13.6 Å². The van der Waals surface area contributed by atoms with Crippen molar-refractivity contribution in [2.24, 2.45) is 0 Å². The van der Waals surface area contributed by atoms with Crippen molar-refractivity contribution in [3.8, 4) is 11.5 Å². The van der Waals surface area contributed by atoms with Crippen molar-refractivity contribution >= 4 is 11.8 Å². The number of hydrogen-bond donors (Lipinski definition) is 1. The van der Waals surface area contributed by atoms with Gasteiger partial charge in [0.05, 0.1) is 0 Å².